The zero-order valence-electron chi connectivity index (χ0n) is 12.5. The van der Waals surface area contributed by atoms with E-state index in [0.29, 0.717) is 11.7 Å². The highest BCUT2D eigenvalue weighted by Gasteiger charge is 2.12. The van der Waals surface area contributed by atoms with Crippen molar-refractivity contribution in [2.75, 3.05) is 6.79 Å². The summed E-state index contributed by atoms with van der Waals surface area (Å²) in [6.07, 6.45) is 0. The molecule has 1 aliphatic rings. The number of halogens is 1. The van der Waals surface area contributed by atoms with Crippen molar-refractivity contribution in [1.82, 2.24) is 4.98 Å². The van der Waals surface area contributed by atoms with Crippen molar-refractivity contribution in [2.45, 2.75) is 6.54 Å². The second-order valence-corrected chi connectivity index (χ2v) is 5.95. The van der Waals surface area contributed by atoms with E-state index in [0.717, 1.165) is 28.3 Å². The van der Waals surface area contributed by atoms with E-state index in [1.807, 2.05) is 23.6 Å². The van der Waals surface area contributed by atoms with Crippen molar-refractivity contribution in [3.05, 3.63) is 59.2 Å². The number of benzene rings is 2. The van der Waals surface area contributed by atoms with E-state index in [-0.39, 0.29) is 12.6 Å². The number of rotatable bonds is 4. The molecule has 3 aromatic rings. The minimum atomic E-state index is -0.266. The maximum absolute atomic E-state index is 13.0. The molecule has 0 saturated carbocycles. The van der Waals surface area contributed by atoms with Gasteiger partial charge in [-0.25, -0.2) is 9.37 Å². The van der Waals surface area contributed by atoms with Crippen LogP contribution in [0, 0.1) is 5.82 Å². The molecule has 0 N–H and O–H groups in total. The van der Waals surface area contributed by atoms with E-state index in [4.69, 9.17) is 9.47 Å². The third-order valence-corrected chi connectivity index (χ3v) is 4.20. The van der Waals surface area contributed by atoms with Crippen molar-refractivity contribution in [1.29, 1.82) is 0 Å². The quantitative estimate of drug-likeness (QED) is 0.630. The van der Waals surface area contributed by atoms with Crippen LogP contribution in [0.25, 0.3) is 11.3 Å². The molecule has 0 atom stereocenters. The molecule has 4 rings (SSSR count). The molecule has 7 heteroatoms. The summed E-state index contributed by atoms with van der Waals surface area (Å²) in [5, 5.41) is 10.8. The summed E-state index contributed by atoms with van der Waals surface area (Å²) in [6, 6.07) is 11.9. The Hall–Kier alpha value is -2.80. The molecule has 0 bridgehead atoms. The van der Waals surface area contributed by atoms with Gasteiger partial charge >= 0.3 is 0 Å². The zero-order valence-corrected chi connectivity index (χ0v) is 13.3. The van der Waals surface area contributed by atoms with E-state index in [1.54, 1.807) is 12.1 Å². The molecule has 5 nitrogen and oxygen atoms in total. The van der Waals surface area contributed by atoms with Crippen LogP contribution in [-0.4, -0.2) is 11.8 Å². The largest absolute Gasteiger partial charge is 0.454 e. The van der Waals surface area contributed by atoms with Crippen molar-refractivity contribution < 1.29 is 13.9 Å². The summed E-state index contributed by atoms with van der Waals surface area (Å²) in [5.41, 5.74) is 2.60. The number of aromatic nitrogens is 1. The van der Waals surface area contributed by atoms with Crippen LogP contribution in [0.2, 0.25) is 0 Å². The summed E-state index contributed by atoms with van der Waals surface area (Å²) in [4.78, 5) is 4.39. The van der Waals surface area contributed by atoms with Gasteiger partial charge in [-0.3, -0.25) is 0 Å². The van der Waals surface area contributed by atoms with Gasteiger partial charge < -0.3 is 9.47 Å². The van der Waals surface area contributed by atoms with E-state index < -0.39 is 0 Å². The van der Waals surface area contributed by atoms with Crippen LogP contribution in [0.4, 0.5) is 9.52 Å². The molecule has 0 fully saturated rings. The molecule has 2 aromatic carbocycles. The number of nitrogens with zero attached hydrogens (tertiary/aromatic N) is 3. The number of hydrogen-bond acceptors (Lipinski definition) is 6. The van der Waals surface area contributed by atoms with Gasteiger partial charge in [0.2, 0.25) is 11.9 Å². The highest BCUT2D eigenvalue weighted by Crippen LogP contribution is 2.33. The second kappa shape index (κ2) is 6.37. The lowest BCUT2D eigenvalue weighted by atomic mass is 10.2. The molecule has 0 spiro atoms. The maximum atomic E-state index is 13.0. The van der Waals surface area contributed by atoms with Crippen LogP contribution in [-0.2, 0) is 6.54 Å². The molecule has 0 amide bonds. The summed E-state index contributed by atoms with van der Waals surface area (Å²) >= 11 is 1.39. The van der Waals surface area contributed by atoms with Gasteiger partial charge in [-0.1, -0.05) is 6.07 Å². The topological polar surface area (TPSA) is 56.1 Å². The molecule has 0 radical (unpaired) electrons. The van der Waals surface area contributed by atoms with Gasteiger partial charge in [0.15, 0.2) is 11.5 Å². The fraction of sp³-hybridized carbons (Fsp3) is 0.118. The standard InChI is InChI=1S/C17H12FN3O2S/c18-13-4-2-12(3-5-13)14-9-24-17(20-14)21-19-8-11-1-6-15-16(7-11)23-10-22-15/h1-7,9H,8,10H2. The highest BCUT2D eigenvalue weighted by atomic mass is 32.1. The van der Waals surface area contributed by atoms with Crippen LogP contribution in [0.15, 0.2) is 58.1 Å². The molecule has 120 valence electrons. The smallest absolute Gasteiger partial charge is 0.231 e. The predicted molar refractivity (Wildman–Crippen MR) is 88.3 cm³/mol. The van der Waals surface area contributed by atoms with Crippen LogP contribution in [0.5, 0.6) is 11.5 Å². The normalized spacial score (nSPS) is 12.9. The van der Waals surface area contributed by atoms with Crippen LogP contribution >= 0.6 is 11.3 Å². The summed E-state index contributed by atoms with van der Waals surface area (Å²) in [7, 11) is 0. The number of ether oxygens (including phenoxy) is 2. The van der Waals surface area contributed by atoms with Gasteiger partial charge in [0.05, 0.1) is 12.2 Å². The molecule has 24 heavy (non-hydrogen) atoms. The SMILES string of the molecule is Fc1ccc(-c2csc(N=NCc3ccc4c(c3)OCO4)n2)cc1. The molecular formula is C17H12FN3O2S. The summed E-state index contributed by atoms with van der Waals surface area (Å²) in [6.45, 7) is 0.688. The molecule has 1 aromatic heterocycles. The lowest BCUT2D eigenvalue weighted by molar-refractivity contribution is 0.174. The van der Waals surface area contributed by atoms with Crippen LogP contribution < -0.4 is 9.47 Å². The molecular weight excluding hydrogens is 329 g/mol. The molecule has 0 aliphatic carbocycles. The third-order valence-electron chi connectivity index (χ3n) is 3.48. The van der Waals surface area contributed by atoms with E-state index in [2.05, 4.69) is 15.2 Å². The first-order chi connectivity index (χ1) is 11.8. The Bertz CT molecular complexity index is 893. The van der Waals surface area contributed by atoms with Crippen LogP contribution in [0.3, 0.4) is 0 Å². The van der Waals surface area contributed by atoms with Gasteiger partial charge in [-0.2, -0.15) is 5.11 Å². The Kier molecular flexibility index (Phi) is 3.92. The number of thiazole rings is 1. The van der Waals surface area contributed by atoms with Crippen molar-refractivity contribution in [3.8, 4) is 22.8 Å². The molecule has 0 unspecified atom stereocenters. The average Bonchev–Trinajstić information content (AvgIpc) is 3.24. The average molecular weight is 341 g/mol. The third kappa shape index (κ3) is 3.11. The number of azo groups is 1. The Morgan fingerprint density at radius 3 is 2.79 bits per heavy atom. The lowest BCUT2D eigenvalue weighted by Crippen LogP contribution is -1.92. The zero-order chi connectivity index (χ0) is 16.4. The minimum absolute atomic E-state index is 0.256. The Balaban J connectivity index is 1.44. The van der Waals surface area contributed by atoms with Gasteiger partial charge in [-0.15, -0.1) is 16.5 Å². The fourth-order valence-corrected chi connectivity index (χ4v) is 2.94. The first-order valence-electron chi connectivity index (χ1n) is 7.25. The van der Waals surface area contributed by atoms with E-state index in [1.165, 1.54) is 23.5 Å². The van der Waals surface area contributed by atoms with E-state index in [9.17, 15) is 4.39 Å². The Morgan fingerprint density at radius 1 is 1.08 bits per heavy atom. The van der Waals surface area contributed by atoms with Gasteiger partial charge in [0.25, 0.3) is 0 Å². The first kappa shape index (κ1) is 14.8. The molecule has 2 heterocycles. The Morgan fingerprint density at radius 2 is 1.92 bits per heavy atom. The maximum Gasteiger partial charge on any atom is 0.231 e. The monoisotopic (exact) mass is 341 g/mol. The number of hydrogen-bond donors (Lipinski definition) is 0. The second-order valence-electron chi connectivity index (χ2n) is 5.11. The van der Waals surface area contributed by atoms with Crippen LogP contribution in [0.1, 0.15) is 5.56 Å². The van der Waals surface area contributed by atoms with Crippen molar-refractivity contribution in [2.24, 2.45) is 10.2 Å². The Labute approximate surface area is 141 Å². The highest BCUT2D eigenvalue weighted by molar-refractivity contribution is 7.13. The minimum Gasteiger partial charge on any atom is -0.454 e. The predicted octanol–water partition coefficient (Wildman–Crippen LogP) is 4.96. The first-order valence-corrected chi connectivity index (χ1v) is 8.13. The number of fused-ring (bicyclic) bond motifs is 1. The van der Waals surface area contributed by atoms with Gasteiger partial charge in [0.1, 0.15) is 5.82 Å². The van der Waals surface area contributed by atoms with Gasteiger partial charge in [-0.05, 0) is 42.0 Å². The van der Waals surface area contributed by atoms with Crippen molar-refractivity contribution >= 4 is 16.5 Å². The lowest BCUT2D eigenvalue weighted by Gasteiger charge is -1.98. The molecule has 1 aliphatic heterocycles. The van der Waals surface area contributed by atoms with Crippen molar-refractivity contribution in [3.63, 3.8) is 0 Å². The summed E-state index contributed by atoms with van der Waals surface area (Å²) < 4.78 is 23.6. The fourth-order valence-electron chi connectivity index (χ4n) is 2.28. The molecule has 0 saturated heterocycles. The summed E-state index contributed by atoms with van der Waals surface area (Å²) in [5.74, 6) is 1.22. The van der Waals surface area contributed by atoms with Gasteiger partial charge in [0, 0.05) is 10.9 Å². The van der Waals surface area contributed by atoms with E-state index >= 15 is 0 Å².